The second-order valence-electron chi connectivity index (χ2n) is 3.91. The van der Waals surface area contributed by atoms with Crippen molar-refractivity contribution in [3.63, 3.8) is 0 Å². The lowest BCUT2D eigenvalue weighted by atomic mass is 9.97. The van der Waals surface area contributed by atoms with E-state index in [-0.39, 0.29) is 0 Å². The van der Waals surface area contributed by atoms with Gasteiger partial charge in [-0.2, -0.15) is 5.10 Å². The normalized spacial score (nSPS) is 10.6. The Labute approximate surface area is 105 Å². The zero-order valence-corrected chi connectivity index (χ0v) is 10.7. The zero-order chi connectivity index (χ0) is 12.6. The number of halogens is 1. The number of nitrogens with zero attached hydrogens (tertiary/aromatic N) is 1. The van der Waals surface area contributed by atoms with Gasteiger partial charge in [0.1, 0.15) is 11.6 Å². The van der Waals surface area contributed by atoms with Crippen molar-refractivity contribution >= 4 is 17.4 Å². The van der Waals surface area contributed by atoms with Crippen molar-refractivity contribution in [3.8, 4) is 16.9 Å². The topological polar surface area (TPSA) is 63.9 Å². The van der Waals surface area contributed by atoms with Crippen molar-refractivity contribution in [2.75, 3.05) is 12.8 Å². The summed E-state index contributed by atoms with van der Waals surface area (Å²) < 4.78 is 5.22. The monoisotopic (exact) mass is 251 g/mol. The van der Waals surface area contributed by atoms with Crippen molar-refractivity contribution in [1.82, 2.24) is 10.2 Å². The number of aromatic amines is 1. The SMILES string of the molecule is COc1cc(C)c(-c2cn[nH]c2N)c(C)c1Cl. The second-order valence-corrected chi connectivity index (χ2v) is 4.29. The lowest BCUT2D eigenvalue weighted by molar-refractivity contribution is 0.414. The van der Waals surface area contributed by atoms with Gasteiger partial charge in [-0.05, 0) is 36.6 Å². The largest absolute Gasteiger partial charge is 0.495 e. The molecule has 0 saturated carbocycles. The van der Waals surface area contributed by atoms with E-state index in [0.29, 0.717) is 16.6 Å². The summed E-state index contributed by atoms with van der Waals surface area (Å²) in [7, 11) is 1.60. The molecule has 2 rings (SSSR count). The van der Waals surface area contributed by atoms with Gasteiger partial charge in [0.15, 0.2) is 0 Å². The number of rotatable bonds is 2. The maximum absolute atomic E-state index is 6.24. The molecule has 3 N–H and O–H groups in total. The molecule has 0 aliphatic heterocycles. The van der Waals surface area contributed by atoms with Crippen LogP contribution in [0.3, 0.4) is 0 Å². The number of anilines is 1. The first-order chi connectivity index (χ1) is 8.06. The zero-order valence-electron chi connectivity index (χ0n) is 9.97. The summed E-state index contributed by atoms with van der Waals surface area (Å²) in [4.78, 5) is 0. The molecule has 0 aliphatic rings. The van der Waals surface area contributed by atoms with Gasteiger partial charge in [-0.1, -0.05) is 11.6 Å². The first kappa shape index (κ1) is 11.8. The predicted octanol–water partition coefficient (Wildman–Crippen LogP) is 2.94. The van der Waals surface area contributed by atoms with Gasteiger partial charge >= 0.3 is 0 Å². The van der Waals surface area contributed by atoms with Crippen molar-refractivity contribution in [1.29, 1.82) is 0 Å². The minimum absolute atomic E-state index is 0.539. The van der Waals surface area contributed by atoms with Gasteiger partial charge in [0, 0.05) is 5.56 Å². The maximum Gasteiger partial charge on any atom is 0.138 e. The second kappa shape index (κ2) is 4.30. The van der Waals surface area contributed by atoms with Crippen LogP contribution in [0, 0.1) is 13.8 Å². The minimum atomic E-state index is 0.539. The maximum atomic E-state index is 6.24. The van der Waals surface area contributed by atoms with E-state index >= 15 is 0 Å². The molecule has 0 unspecified atom stereocenters. The molecular formula is C12H14ClN3O. The number of benzene rings is 1. The highest BCUT2D eigenvalue weighted by Gasteiger charge is 2.16. The Morgan fingerprint density at radius 2 is 2.12 bits per heavy atom. The molecule has 0 atom stereocenters. The molecule has 0 bridgehead atoms. The number of nitrogens with two attached hydrogens (primary N) is 1. The van der Waals surface area contributed by atoms with Gasteiger partial charge in [0.2, 0.25) is 0 Å². The molecule has 5 heteroatoms. The predicted molar refractivity (Wildman–Crippen MR) is 69.5 cm³/mol. The number of aromatic nitrogens is 2. The minimum Gasteiger partial charge on any atom is -0.495 e. The summed E-state index contributed by atoms with van der Waals surface area (Å²) in [5.74, 6) is 1.21. The van der Waals surface area contributed by atoms with Gasteiger partial charge in [-0.25, -0.2) is 0 Å². The number of H-pyrrole nitrogens is 1. The van der Waals surface area contributed by atoms with E-state index in [4.69, 9.17) is 22.1 Å². The van der Waals surface area contributed by atoms with E-state index < -0.39 is 0 Å². The average molecular weight is 252 g/mol. The molecule has 2 aromatic rings. The van der Waals surface area contributed by atoms with E-state index in [1.807, 2.05) is 19.9 Å². The highest BCUT2D eigenvalue weighted by molar-refractivity contribution is 6.33. The van der Waals surface area contributed by atoms with Crippen LogP contribution in [0.4, 0.5) is 5.82 Å². The van der Waals surface area contributed by atoms with E-state index in [1.165, 1.54) is 0 Å². The van der Waals surface area contributed by atoms with Crippen LogP contribution >= 0.6 is 11.6 Å². The summed E-state index contributed by atoms with van der Waals surface area (Å²) >= 11 is 6.24. The van der Waals surface area contributed by atoms with Gasteiger partial charge in [0.25, 0.3) is 0 Å². The van der Waals surface area contributed by atoms with Crippen LogP contribution in [0.5, 0.6) is 5.75 Å². The molecule has 90 valence electrons. The van der Waals surface area contributed by atoms with E-state index in [9.17, 15) is 0 Å². The van der Waals surface area contributed by atoms with Crippen molar-refractivity contribution in [2.24, 2.45) is 0 Å². The van der Waals surface area contributed by atoms with Gasteiger partial charge in [-0.15, -0.1) is 0 Å². The van der Waals surface area contributed by atoms with E-state index in [1.54, 1.807) is 13.3 Å². The number of nitrogen functional groups attached to an aromatic ring is 1. The fourth-order valence-corrected chi connectivity index (χ4v) is 2.21. The lowest BCUT2D eigenvalue weighted by Gasteiger charge is -2.14. The Hall–Kier alpha value is -1.68. The van der Waals surface area contributed by atoms with Gasteiger partial charge in [-0.3, -0.25) is 5.10 Å². The Morgan fingerprint density at radius 3 is 2.65 bits per heavy atom. The van der Waals surface area contributed by atoms with Crippen LogP contribution in [0.25, 0.3) is 11.1 Å². The van der Waals surface area contributed by atoms with Crippen LogP contribution in [0.1, 0.15) is 11.1 Å². The van der Waals surface area contributed by atoms with Crippen LogP contribution in [-0.2, 0) is 0 Å². The van der Waals surface area contributed by atoms with Crippen molar-refractivity contribution < 1.29 is 4.74 Å². The van der Waals surface area contributed by atoms with Crippen LogP contribution in [0.2, 0.25) is 5.02 Å². The average Bonchev–Trinajstić information content (AvgIpc) is 2.70. The summed E-state index contributed by atoms with van der Waals surface area (Å²) in [5, 5.41) is 7.26. The molecule has 0 fully saturated rings. The van der Waals surface area contributed by atoms with Crippen LogP contribution < -0.4 is 10.5 Å². The first-order valence-corrected chi connectivity index (χ1v) is 5.57. The molecule has 1 aromatic carbocycles. The molecule has 1 heterocycles. The fraction of sp³-hybridized carbons (Fsp3) is 0.250. The quantitative estimate of drug-likeness (QED) is 0.863. The van der Waals surface area contributed by atoms with Crippen LogP contribution in [-0.4, -0.2) is 17.3 Å². The molecule has 0 aliphatic carbocycles. The molecule has 1 aromatic heterocycles. The Bertz CT molecular complexity index is 563. The number of aryl methyl sites for hydroxylation is 1. The Morgan fingerprint density at radius 1 is 1.41 bits per heavy atom. The molecule has 0 spiro atoms. The third kappa shape index (κ3) is 1.85. The molecule has 0 saturated heterocycles. The fourth-order valence-electron chi connectivity index (χ4n) is 1.98. The molecule has 4 nitrogen and oxygen atoms in total. The Balaban J connectivity index is 2.72. The standard InChI is InChI=1S/C12H14ClN3O/c1-6-4-9(17-3)11(13)7(2)10(6)8-5-15-16-12(8)14/h4-5H,1-3H3,(H3,14,15,16). The molecule has 17 heavy (non-hydrogen) atoms. The summed E-state index contributed by atoms with van der Waals surface area (Å²) in [6.45, 7) is 3.94. The first-order valence-electron chi connectivity index (χ1n) is 5.19. The van der Waals surface area contributed by atoms with E-state index in [0.717, 1.165) is 22.3 Å². The third-order valence-corrected chi connectivity index (χ3v) is 3.29. The van der Waals surface area contributed by atoms with Gasteiger partial charge < -0.3 is 10.5 Å². The van der Waals surface area contributed by atoms with Crippen molar-refractivity contribution in [3.05, 3.63) is 28.4 Å². The highest BCUT2D eigenvalue weighted by Crippen LogP contribution is 2.39. The Kier molecular flexibility index (Phi) is 2.98. The van der Waals surface area contributed by atoms with Crippen LogP contribution in [0.15, 0.2) is 12.3 Å². The number of methoxy groups -OCH3 is 1. The molecular weight excluding hydrogens is 238 g/mol. The molecule has 0 amide bonds. The smallest absolute Gasteiger partial charge is 0.138 e. The molecule has 0 radical (unpaired) electrons. The number of nitrogens with one attached hydrogen (secondary N) is 1. The summed E-state index contributed by atoms with van der Waals surface area (Å²) in [6.07, 6.45) is 1.70. The third-order valence-electron chi connectivity index (χ3n) is 2.82. The number of hydrogen-bond acceptors (Lipinski definition) is 3. The summed E-state index contributed by atoms with van der Waals surface area (Å²) in [6, 6.07) is 1.90. The van der Waals surface area contributed by atoms with E-state index in [2.05, 4.69) is 10.2 Å². The summed E-state index contributed by atoms with van der Waals surface area (Å²) in [5.41, 5.74) is 9.70. The number of hydrogen-bond donors (Lipinski definition) is 2. The lowest BCUT2D eigenvalue weighted by Crippen LogP contribution is -1.95. The number of ether oxygens (including phenoxy) is 1. The van der Waals surface area contributed by atoms with Gasteiger partial charge in [0.05, 0.1) is 18.3 Å². The highest BCUT2D eigenvalue weighted by atomic mass is 35.5. The van der Waals surface area contributed by atoms with Crippen molar-refractivity contribution in [2.45, 2.75) is 13.8 Å².